The zero-order valence-electron chi connectivity index (χ0n) is 6.14. The maximum Gasteiger partial charge on any atom is 0.142 e. The summed E-state index contributed by atoms with van der Waals surface area (Å²) < 4.78 is 25.6. The topological polar surface area (TPSA) is 0 Å². The Morgan fingerprint density at radius 2 is 1.83 bits per heavy atom. The van der Waals surface area contributed by atoms with E-state index in [0.29, 0.717) is 10.8 Å². The van der Waals surface area contributed by atoms with Gasteiger partial charge in [0.2, 0.25) is 0 Å². The van der Waals surface area contributed by atoms with Gasteiger partial charge < -0.3 is 0 Å². The second kappa shape index (κ2) is 2.55. The predicted molar refractivity (Wildman–Crippen MR) is 42.7 cm³/mol. The van der Waals surface area contributed by atoms with E-state index in [1.165, 1.54) is 6.07 Å². The third-order valence-electron chi connectivity index (χ3n) is 1.71. The zero-order chi connectivity index (χ0) is 8.55. The summed E-state index contributed by atoms with van der Waals surface area (Å²) in [4.78, 5) is 0. The zero-order valence-corrected chi connectivity index (χ0v) is 6.14. The lowest BCUT2D eigenvalue weighted by Gasteiger charge is -1.97. The lowest BCUT2D eigenvalue weighted by molar-refractivity contribution is 0.588. The molecule has 0 N–H and O–H groups in total. The third-order valence-corrected chi connectivity index (χ3v) is 1.71. The van der Waals surface area contributed by atoms with Crippen LogP contribution in [0.1, 0.15) is 0 Å². The standard InChI is InChI=1S/C10H5F2/c11-8-5-7-3-1-2-4-9(7)10(12)6-8/h1-5H. The smallest absolute Gasteiger partial charge is 0.142 e. The molecule has 0 aromatic heterocycles. The second-order valence-corrected chi connectivity index (χ2v) is 2.52. The van der Waals surface area contributed by atoms with Crippen LogP contribution >= 0.6 is 0 Å². The van der Waals surface area contributed by atoms with Crippen LogP contribution in [-0.4, -0.2) is 0 Å². The lowest BCUT2D eigenvalue weighted by Crippen LogP contribution is -1.82. The van der Waals surface area contributed by atoms with Crippen molar-refractivity contribution in [3.8, 4) is 0 Å². The second-order valence-electron chi connectivity index (χ2n) is 2.52. The molecule has 1 radical (unpaired) electrons. The van der Waals surface area contributed by atoms with Crippen molar-refractivity contribution in [2.24, 2.45) is 0 Å². The lowest BCUT2D eigenvalue weighted by atomic mass is 10.1. The SMILES string of the molecule is Fc1[c]c(F)c2ccccc2c1. The summed E-state index contributed by atoms with van der Waals surface area (Å²) in [5.41, 5.74) is 0. The minimum Gasteiger partial charge on any atom is -0.206 e. The highest BCUT2D eigenvalue weighted by molar-refractivity contribution is 5.82. The van der Waals surface area contributed by atoms with E-state index in [2.05, 4.69) is 0 Å². The Bertz CT molecular complexity index is 421. The molecule has 2 aromatic carbocycles. The van der Waals surface area contributed by atoms with Crippen molar-refractivity contribution in [1.82, 2.24) is 0 Å². The molecule has 0 saturated carbocycles. The molecule has 0 heterocycles. The molecular formula is C10H5F2. The molecule has 0 amide bonds. The quantitative estimate of drug-likeness (QED) is 0.560. The number of hydrogen-bond acceptors (Lipinski definition) is 0. The molecule has 0 saturated heterocycles. The molecule has 0 atom stereocenters. The summed E-state index contributed by atoms with van der Waals surface area (Å²) in [6.45, 7) is 0. The first-order valence-corrected chi connectivity index (χ1v) is 3.53. The summed E-state index contributed by atoms with van der Waals surface area (Å²) in [7, 11) is 0. The summed E-state index contributed by atoms with van der Waals surface area (Å²) in [5.74, 6) is -1.29. The monoisotopic (exact) mass is 163 g/mol. The number of fused-ring (bicyclic) bond motifs is 1. The largest absolute Gasteiger partial charge is 0.206 e. The Labute approximate surface area is 68.4 Å². The van der Waals surface area contributed by atoms with Gasteiger partial charge in [-0.25, -0.2) is 8.78 Å². The maximum absolute atomic E-state index is 13.0. The summed E-state index contributed by atoms with van der Waals surface area (Å²) >= 11 is 0. The van der Waals surface area contributed by atoms with Gasteiger partial charge in [-0.3, -0.25) is 0 Å². The molecule has 0 fully saturated rings. The Hall–Kier alpha value is -1.44. The first-order chi connectivity index (χ1) is 5.77. The molecule has 0 spiro atoms. The maximum atomic E-state index is 13.0. The van der Waals surface area contributed by atoms with E-state index in [4.69, 9.17) is 0 Å². The minimum atomic E-state index is -0.661. The van der Waals surface area contributed by atoms with Gasteiger partial charge >= 0.3 is 0 Å². The molecule has 0 bridgehead atoms. The molecule has 0 unspecified atom stereocenters. The molecule has 0 aliphatic rings. The van der Waals surface area contributed by atoms with Gasteiger partial charge in [0, 0.05) is 5.39 Å². The van der Waals surface area contributed by atoms with Gasteiger partial charge in [-0.2, -0.15) is 0 Å². The normalized spacial score (nSPS) is 10.5. The molecule has 2 rings (SSSR count). The fourth-order valence-corrected chi connectivity index (χ4v) is 1.17. The summed E-state index contributed by atoms with van der Waals surface area (Å²) in [5, 5.41) is 0.963. The summed E-state index contributed by atoms with van der Waals surface area (Å²) in [6, 6.07) is 9.94. The molecule has 0 nitrogen and oxygen atoms in total. The average Bonchev–Trinajstić information content (AvgIpc) is 2.04. The molecule has 12 heavy (non-hydrogen) atoms. The van der Waals surface area contributed by atoms with Crippen molar-refractivity contribution in [3.05, 3.63) is 48.0 Å². The van der Waals surface area contributed by atoms with Crippen molar-refractivity contribution in [1.29, 1.82) is 0 Å². The fraction of sp³-hybridized carbons (Fsp3) is 0. The first-order valence-electron chi connectivity index (χ1n) is 3.53. The van der Waals surface area contributed by atoms with Crippen LogP contribution in [0.5, 0.6) is 0 Å². The van der Waals surface area contributed by atoms with Crippen LogP contribution in [0, 0.1) is 17.7 Å². The molecule has 0 aliphatic heterocycles. The van der Waals surface area contributed by atoms with Crippen LogP contribution in [0.3, 0.4) is 0 Å². The van der Waals surface area contributed by atoms with Gasteiger partial charge in [0.1, 0.15) is 11.6 Å². The predicted octanol–water partition coefficient (Wildman–Crippen LogP) is 2.92. The van der Waals surface area contributed by atoms with Crippen molar-refractivity contribution in [2.45, 2.75) is 0 Å². The van der Waals surface area contributed by atoms with E-state index in [1.54, 1.807) is 24.3 Å². The van der Waals surface area contributed by atoms with Crippen LogP contribution in [0.4, 0.5) is 8.78 Å². The summed E-state index contributed by atoms with van der Waals surface area (Å²) in [6.07, 6.45) is 0. The highest BCUT2D eigenvalue weighted by Crippen LogP contribution is 2.17. The molecule has 59 valence electrons. The van der Waals surface area contributed by atoms with E-state index in [-0.39, 0.29) is 0 Å². The van der Waals surface area contributed by atoms with Gasteiger partial charge in [0.15, 0.2) is 0 Å². The van der Waals surface area contributed by atoms with Crippen LogP contribution in [0.2, 0.25) is 0 Å². The third kappa shape index (κ3) is 1.05. The van der Waals surface area contributed by atoms with Crippen LogP contribution in [0.15, 0.2) is 30.3 Å². The first kappa shape index (κ1) is 7.22. The van der Waals surface area contributed by atoms with Crippen molar-refractivity contribution in [2.75, 3.05) is 0 Å². The van der Waals surface area contributed by atoms with E-state index in [0.717, 1.165) is 0 Å². The van der Waals surface area contributed by atoms with Crippen LogP contribution in [-0.2, 0) is 0 Å². The number of halogens is 2. The van der Waals surface area contributed by atoms with Gasteiger partial charge in [0.05, 0.1) is 6.07 Å². The van der Waals surface area contributed by atoms with E-state index >= 15 is 0 Å². The van der Waals surface area contributed by atoms with Crippen molar-refractivity contribution >= 4 is 10.8 Å². The van der Waals surface area contributed by atoms with Crippen molar-refractivity contribution < 1.29 is 8.78 Å². The minimum absolute atomic E-state index is 0.402. The fourth-order valence-electron chi connectivity index (χ4n) is 1.17. The highest BCUT2D eigenvalue weighted by Gasteiger charge is 2.02. The van der Waals surface area contributed by atoms with E-state index in [9.17, 15) is 8.78 Å². The van der Waals surface area contributed by atoms with Gasteiger partial charge in [-0.15, -0.1) is 0 Å². The highest BCUT2D eigenvalue weighted by atomic mass is 19.1. The van der Waals surface area contributed by atoms with Gasteiger partial charge in [-0.1, -0.05) is 24.3 Å². The Morgan fingerprint density at radius 3 is 2.67 bits per heavy atom. The Kier molecular flexibility index (Phi) is 1.54. The van der Waals surface area contributed by atoms with Gasteiger partial charge in [-0.05, 0) is 11.5 Å². The molecule has 2 heteroatoms. The average molecular weight is 163 g/mol. The molecule has 2 aromatic rings. The van der Waals surface area contributed by atoms with Crippen molar-refractivity contribution in [3.63, 3.8) is 0 Å². The van der Waals surface area contributed by atoms with E-state index in [1.807, 2.05) is 6.07 Å². The Morgan fingerprint density at radius 1 is 1.08 bits per heavy atom. The number of rotatable bonds is 0. The molecule has 0 aliphatic carbocycles. The molecular weight excluding hydrogens is 158 g/mol. The van der Waals surface area contributed by atoms with E-state index < -0.39 is 11.6 Å². The number of benzene rings is 2. The number of hydrogen-bond donors (Lipinski definition) is 0. The van der Waals surface area contributed by atoms with Crippen LogP contribution < -0.4 is 0 Å². The van der Waals surface area contributed by atoms with Gasteiger partial charge in [0.25, 0.3) is 0 Å². The van der Waals surface area contributed by atoms with Crippen LogP contribution in [0.25, 0.3) is 10.8 Å². The Balaban J connectivity index is 2.89.